The topological polar surface area (TPSA) is 258 Å². The molecule has 2 N–H and O–H groups in total. The Labute approximate surface area is 376 Å². The molecule has 1 aromatic carbocycles. The molecule has 2 aliphatic rings. The standard InChI is InChI=1S/C43H57N5O16.CH4/c1-39(2,3)20-24(63-58)44-30(49)26(32(51)47(34(44)53)37(56)61-42(10,11)12)28-22-18-16-17-19-23(22)29(46(28)36(55)60-41(7,8)9)27-31(50)45(25(64-59)21-40(4,5)6)35(54)48(33(27)52)38(57)62-43(13,14)15;/h16-19,24-25,58-59H,20-21H2,1-15H3;1H4/b28-26-,29-27-;. The van der Waals surface area contributed by atoms with Crippen LogP contribution in [-0.4, -0.2) is 118 Å². The number of urea groups is 2. The summed E-state index contributed by atoms with van der Waals surface area (Å²) in [6.45, 7) is 23.0. The molecule has 2 aliphatic heterocycles. The van der Waals surface area contributed by atoms with Gasteiger partial charge in [0.2, 0.25) is 0 Å². The van der Waals surface area contributed by atoms with Crippen molar-refractivity contribution in [1.82, 2.24) is 24.2 Å². The molecule has 4 rings (SSSR count). The second-order valence-electron chi connectivity index (χ2n) is 20.6. The number of nitrogens with zero attached hydrogens (tertiary/aromatic N) is 5. The van der Waals surface area contributed by atoms with Gasteiger partial charge in [-0.15, -0.1) is 0 Å². The van der Waals surface area contributed by atoms with Gasteiger partial charge in [0.1, 0.15) is 27.9 Å². The average Bonchev–Trinajstić information content (AvgIpc) is 3.41. The normalized spacial score (nSPS) is 18.5. The highest BCUT2D eigenvalue weighted by Crippen LogP contribution is 2.32. The van der Waals surface area contributed by atoms with Gasteiger partial charge in [-0.2, -0.15) is 9.80 Å². The van der Waals surface area contributed by atoms with Crippen LogP contribution in [0.4, 0.5) is 24.0 Å². The van der Waals surface area contributed by atoms with E-state index in [2.05, 4.69) is 9.78 Å². The second kappa shape index (κ2) is 18.5. The Morgan fingerprint density at radius 2 is 0.800 bits per heavy atom. The monoisotopic (exact) mass is 915 g/mol. The Kier molecular flexibility index (Phi) is 15.1. The van der Waals surface area contributed by atoms with Gasteiger partial charge in [0, 0.05) is 23.6 Å². The summed E-state index contributed by atoms with van der Waals surface area (Å²) in [5.74, 6) is -6.33. The van der Waals surface area contributed by atoms with Crippen LogP contribution < -0.4 is 10.7 Å². The molecule has 21 heteroatoms. The summed E-state index contributed by atoms with van der Waals surface area (Å²) in [6.07, 6.45) is -8.92. The molecule has 2 unspecified atom stereocenters. The number of barbiturate groups is 2. The number of carbonyl (C=O) groups is 9. The van der Waals surface area contributed by atoms with E-state index >= 15 is 0 Å². The van der Waals surface area contributed by atoms with Crippen molar-refractivity contribution in [1.29, 1.82) is 0 Å². The molecule has 0 spiro atoms. The molecule has 358 valence electrons. The number of imide groups is 8. The minimum Gasteiger partial charge on any atom is -0.443 e. The minimum atomic E-state index is -1.88. The Morgan fingerprint density at radius 3 is 1.06 bits per heavy atom. The maximum absolute atomic E-state index is 14.9. The summed E-state index contributed by atoms with van der Waals surface area (Å²) in [7, 11) is 0. The van der Waals surface area contributed by atoms with E-state index in [4.69, 9.17) is 14.2 Å². The maximum atomic E-state index is 14.9. The van der Waals surface area contributed by atoms with Crippen molar-refractivity contribution in [2.45, 2.75) is 153 Å². The fourth-order valence-electron chi connectivity index (χ4n) is 6.69. The first-order valence-electron chi connectivity index (χ1n) is 20.2. The second-order valence-corrected chi connectivity index (χ2v) is 20.6. The zero-order valence-corrected chi connectivity index (χ0v) is 38.7. The molecule has 1 aromatic heterocycles. The number of ether oxygens (including phenoxy) is 3. The molecule has 0 saturated carbocycles. The first-order chi connectivity index (χ1) is 29.1. The Morgan fingerprint density at radius 1 is 0.508 bits per heavy atom. The van der Waals surface area contributed by atoms with Crippen molar-refractivity contribution in [2.24, 2.45) is 10.8 Å². The van der Waals surface area contributed by atoms with Gasteiger partial charge in [-0.25, -0.2) is 58.6 Å². The number of rotatable bonds is 6. The van der Waals surface area contributed by atoms with Gasteiger partial charge < -0.3 is 14.2 Å². The Bertz CT molecular complexity index is 2280. The van der Waals surface area contributed by atoms with Crippen LogP contribution in [0.25, 0.3) is 21.9 Å². The maximum Gasteiger partial charge on any atom is 0.425 e. The van der Waals surface area contributed by atoms with Gasteiger partial charge >= 0.3 is 30.3 Å². The number of aromatic nitrogens is 1. The van der Waals surface area contributed by atoms with E-state index in [0.29, 0.717) is 4.57 Å². The van der Waals surface area contributed by atoms with Crippen LogP contribution in [0.3, 0.4) is 0 Å². The number of hydrogen-bond acceptors (Lipinski definition) is 16. The van der Waals surface area contributed by atoms with E-state index < -0.39 is 116 Å². The highest BCUT2D eigenvalue weighted by molar-refractivity contribution is 6.50. The summed E-state index contributed by atoms with van der Waals surface area (Å²) in [6, 6.07) is 2.11. The molecule has 3 heterocycles. The number of carbonyl (C=O) groups excluding carboxylic acids is 9. The van der Waals surface area contributed by atoms with Crippen LogP contribution in [0.1, 0.15) is 124 Å². The van der Waals surface area contributed by atoms with Crippen LogP contribution in [0, 0.1) is 10.8 Å². The molecule has 21 nitrogen and oxygen atoms in total. The summed E-state index contributed by atoms with van der Waals surface area (Å²) in [5.41, 5.74) is -7.88. The van der Waals surface area contributed by atoms with Crippen LogP contribution in [0.5, 0.6) is 0 Å². The lowest BCUT2D eigenvalue weighted by molar-refractivity contribution is -0.308. The molecule has 2 saturated heterocycles. The van der Waals surface area contributed by atoms with Crippen molar-refractivity contribution >= 4 is 75.9 Å². The van der Waals surface area contributed by atoms with Gasteiger partial charge in [-0.1, -0.05) is 73.2 Å². The molecular weight excluding hydrogens is 855 g/mol. The molecule has 2 aromatic rings. The summed E-state index contributed by atoms with van der Waals surface area (Å²) in [4.78, 5) is 140. The molecule has 0 radical (unpaired) electrons. The predicted octanol–water partition coefficient (Wildman–Crippen LogP) is 6.32. The third-order valence-electron chi connectivity index (χ3n) is 8.97. The van der Waals surface area contributed by atoms with Gasteiger partial charge in [-0.3, -0.25) is 19.2 Å². The van der Waals surface area contributed by atoms with Crippen molar-refractivity contribution in [3.63, 3.8) is 0 Å². The summed E-state index contributed by atoms with van der Waals surface area (Å²) >= 11 is 0. The quantitative estimate of drug-likeness (QED) is 0.183. The Hall–Kier alpha value is -6.03. The lowest BCUT2D eigenvalue weighted by Gasteiger charge is -2.38. The summed E-state index contributed by atoms with van der Waals surface area (Å²) < 4.78 is 17.0. The fourth-order valence-corrected chi connectivity index (χ4v) is 6.69. The third-order valence-corrected chi connectivity index (χ3v) is 8.97. The van der Waals surface area contributed by atoms with Gasteiger partial charge in [0.15, 0.2) is 12.5 Å². The van der Waals surface area contributed by atoms with Crippen molar-refractivity contribution in [3.05, 3.63) is 35.0 Å². The lowest BCUT2D eigenvalue weighted by Crippen LogP contribution is -2.64. The fraction of sp³-hybridized carbons (Fsp3) is 0.568. The number of hydrogen-bond donors (Lipinski definition) is 2. The molecule has 0 bridgehead atoms. The van der Waals surface area contributed by atoms with E-state index in [-0.39, 0.29) is 50.6 Å². The van der Waals surface area contributed by atoms with Gasteiger partial charge in [-0.05, 0) is 73.1 Å². The van der Waals surface area contributed by atoms with Crippen LogP contribution in [0.2, 0.25) is 0 Å². The van der Waals surface area contributed by atoms with Gasteiger partial charge in [0.25, 0.3) is 23.6 Å². The SMILES string of the molecule is C.CC(C)(C)CC(OO)N1C(=O)/C(=c2\c3ccccc3/c(=C3/C(=O)N(C(=O)OC(C)(C)C)C(=O)N(C(CC(C)(C)C)OO)C3=O)n2C(=O)OC(C)(C)C)C(=O)N(C(=O)OC(C)(C)C)C1=O. The molecule has 10 amide bonds. The number of amides is 10. The average molecular weight is 916 g/mol. The van der Waals surface area contributed by atoms with E-state index in [1.165, 1.54) is 86.6 Å². The predicted molar refractivity (Wildman–Crippen MR) is 230 cm³/mol. The molecular formula is C44H61N5O16. The van der Waals surface area contributed by atoms with E-state index in [0.717, 1.165) is 0 Å². The van der Waals surface area contributed by atoms with E-state index in [1.54, 1.807) is 41.5 Å². The first-order valence-corrected chi connectivity index (χ1v) is 20.2. The third kappa shape index (κ3) is 11.4. The molecule has 65 heavy (non-hydrogen) atoms. The van der Waals surface area contributed by atoms with Crippen LogP contribution in [-0.2, 0) is 43.2 Å². The Balaban J connectivity index is 0.0000112. The smallest absolute Gasteiger partial charge is 0.425 e. The minimum absolute atomic E-state index is 0. The first kappa shape index (κ1) is 53.3. The van der Waals surface area contributed by atoms with Crippen molar-refractivity contribution in [3.8, 4) is 0 Å². The molecule has 2 atom stereocenters. The van der Waals surface area contributed by atoms with Gasteiger partial charge in [0.05, 0.1) is 10.7 Å². The van der Waals surface area contributed by atoms with Crippen LogP contribution >= 0.6 is 0 Å². The highest BCUT2D eigenvalue weighted by atomic mass is 17.1. The summed E-state index contributed by atoms with van der Waals surface area (Å²) in [5, 5.41) is 18.3. The van der Waals surface area contributed by atoms with Crippen molar-refractivity contribution < 1.29 is 77.7 Å². The largest absolute Gasteiger partial charge is 0.443 e. The molecule has 2 fully saturated rings. The molecule has 0 aliphatic carbocycles. The zero-order chi connectivity index (χ0) is 49.0. The van der Waals surface area contributed by atoms with E-state index in [1.807, 2.05) is 0 Å². The van der Waals surface area contributed by atoms with Crippen molar-refractivity contribution in [2.75, 3.05) is 0 Å². The zero-order valence-electron chi connectivity index (χ0n) is 38.7. The van der Waals surface area contributed by atoms with E-state index in [9.17, 15) is 53.7 Å². The van der Waals surface area contributed by atoms with Crippen LogP contribution in [0.15, 0.2) is 24.3 Å². The number of fused-ring (bicyclic) bond motifs is 1. The highest BCUT2D eigenvalue weighted by Gasteiger charge is 2.54. The number of benzene rings is 1. The lowest BCUT2D eigenvalue weighted by atomic mass is 9.90.